The van der Waals surface area contributed by atoms with Crippen LogP contribution in [-0.4, -0.2) is 6.04 Å². The van der Waals surface area contributed by atoms with E-state index in [-0.39, 0.29) is 0 Å². The van der Waals surface area contributed by atoms with Crippen molar-refractivity contribution >= 4 is 0 Å². The standard InChI is InChI=1S/C12H23N/c13-12(11-8-4-5-9-11)10-6-2-1-3-7-10/h10-12H,1-9,13H2/t12-/m0/s1. The van der Waals surface area contributed by atoms with Crippen LogP contribution >= 0.6 is 0 Å². The molecule has 1 nitrogen and oxygen atoms in total. The van der Waals surface area contributed by atoms with Crippen molar-refractivity contribution in [2.24, 2.45) is 17.6 Å². The van der Waals surface area contributed by atoms with Crippen molar-refractivity contribution in [1.82, 2.24) is 0 Å². The highest BCUT2D eigenvalue weighted by Gasteiger charge is 2.29. The summed E-state index contributed by atoms with van der Waals surface area (Å²) in [6.07, 6.45) is 12.9. The quantitative estimate of drug-likeness (QED) is 0.696. The Kier molecular flexibility index (Phi) is 3.26. The van der Waals surface area contributed by atoms with Crippen LogP contribution in [0, 0.1) is 11.8 Å². The number of nitrogens with two attached hydrogens (primary N) is 1. The molecule has 76 valence electrons. The van der Waals surface area contributed by atoms with Crippen molar-refractivity contribution in [1.29, 1.82) is 0 Å². The molecule has 1 atom stereocenters. The molecule has 0 bridgehead atoms. The molecule has 0 aromatic heterocycles. The second-order valence-corrected chi connectivity index (χ2v) is 5.02. The van der Waals surface area contributed by atoms with Crippen LogP contribution in [0.5, 0.6) is 0 Å². The van der Waals surface area contributed by atoms with Gasteiger partial charge in [-0.1, -0.05) is 32.1 Å². The molecule has 0 heterocycles. The maximum absolute atomic E-state index is 6.35. The average Bonchev–Trinajstić information content (AvgIpc) is 2.71. The summed E-state index contributed by atoms with van der Waals surface area (Å²) >= 11 is 0. The van der Waals surface area contributed by atoms with Gasteiger partial charge in [-0.05, 0) is 37.5 Å². The third-order valence-electron chi connectivity index (χ3n) is 4.14. The molecule has 1 heteroatoms. The molecule has 0 radical (unpaired) electrons. The molecule has 0 aromatic carbocycles. The summed E-state index contributed by atoms with van der Waals surface area (Å²) in [5.41, 5.74) is 6.35. The summed E-state index contributed by atoms with van der Waals surface area (Å²) in [6.45, 7) is 0. The van der Waals surface area contributed by atoms with E-state index in [9.17, 15) is 0 Å². The van der Waals surface area contributed by atoms with Crippen LogP contribution in [-0.2, 0) is 0 Å². The minimum Gasteiger partial charge on any atom is -0.327 e. The maximum Gasteiger partial charge on any atom is 0.00956 e. The number of hydrogen-bond acceptors (Lipinski definition) is 1. The van der Waals surface area contributed by atoms with Crippen LogP contribution in [0.2, 0.25) is 0 Å². The SMILES string of the molecule is N[C@@H](C1CCCCC1)C1CCCC1. The minimum absolute atomic E-state index is 0.544. The van der Waals surface area contributed by atoms with Crippen LogP contribution in [0.4, 0.5) is 0 Å². The second-order valence-electron chi connectivity index (χ2n) is 5.02. The first kappa shape index (κ1) is 9.51. The predicted octanol–water partition coefficient (Wildman–Crippen LogP) is 3.08. The molecule has 2 fully saturated rings. The number of rotatable bonds is 2. The summed E-state index contributed by atoms with van der Waals surface area (Å²) < 4.78 is 0. The van der Waals surface area contributed by atoms with E-state index in [0.717, 1.165) is 11.8 Å². The summed E-state index contributed by atoms with van der Waals surface area (Å²) in [5.74, 6) is 1.75. The van der Waals surface area contributed by atoms with Crippen molar-refractivity contribution in [2.75, 3.05) is 0 Å². The predicted molar refractivity (Wildman–Crippen MR) is 56.5 cm³/mol. The van der Waals surface area contributed by atoms with Crippen molar-refractivity contribution < 1.29 is 0 Å². The Balaban J connectivity index is 1.83. The summed E-state index contributed by atoms with van der Waals surface area (Å²) in [5, 5.41) is 0. The van der Waals surface area contributed by atoms with Gasteiger partial charge in [-0.15, -0.1) is 0 Å². The van der Waals surface area contributed by atoms with Crippen LogP contribution in [0.15, 0.2) is 0 Å². The fraction of sp³-hybridized carbons (Fsp3) is 1.00. The fourth-order valence-electron chi connectivity index (χ4n) is 3.25. The highest BCUT2D eigenvalue weighted by molar-refractivity contribution is 4.84. The van der Waals surface area contributed by atoms with Gasteiger partial charge < -0.3 is 5.73 Å². The van der Waals surface area contributed by atoms with Gasteiger partial charge in [0.15, 0.2) is 0 Å². The van der Waals surface area contributed by atoms with E-state index < -0.39 is 0 Å². The third-order valence-corrected chi connectivity index (χ3v) is 4.14. The van der Waals surface area contributed by atoms with E-state index >= 15 is 0 Å². The molecule has 0 spiro atoms. The third kappa shape index (κ3) is 2.25. The first-order valence-electron chi connectivity index (χ1n) is 6.13. The Hall–Kier alpha value is -0.0400. The second kappa shape index (κ2) is 4.45. The van der Waals surface area contributed by atoms with Crippen molar-refractivity contribution in [3.63, 3.8) is 0 Å². The van der Waals surface area contributed by atoms with Crippen molar-refractivity contribution in [3.05, 3.63) is 0 Å². The van der Waals surface area contributed by atoms with Crippen LogP contribution in [0.1, 0.15) is 57.8 Å². The summed E-state index contributed by atoms with van der Waals surface area (Å²) in [6, 6.07) is 0.544. The molecular weight excluding hydrogens is 158 g/mol. The first-order chi connectivity index (χ1) is 6.38. The Bertz CT molecular complexity index is 143. The van der Waals surface area contributed by atoms with E-state index in [1.807, 2.05) is 0 Å². The summed E-state index contributed by atoms with van der Waals surface area (Å²) in [7, 11) is 0. The zero-order chi connectivity index (χ0) is 9.10. The van der Waals surface area contributed by atoms with Gasteiger partial charge in [-0.2, -0.15) is 0 Å². The molecule has 2 aliphatic carbocycles. The highest BCUT2D eigenvalue weighted by atomic mass is 14.7. The van der Waals surface area contributed by atoms with Crippen molar-refractivity contribution in [2.45, 2.75) is 63.8 Å². The lowest BCUT2D eigenvalue weighted by atomic mass is 9.78. The largest absolute Gasteiger partial charge is 0.327 e. The molecule has 0 amide bonds. The molecule has 2 N–H and O–H groups in total. The molecule has 0 saturated heterocycles. The van der Waals surface area contributed by atoms with Crippen LogP contribution in [0.25, 0.3) is 0 Å². The molecule has 2 rings (SSSR count). The van der Waals surface area contributed by atoms with E-state index in [0.29, 0.717) is 6.04 Å². The van der Waals surface area contributed by atoms with Crippen LogP contribution in [0.3, 0.4) is 0 Å². The van der Waals surface area contributed by atoms with Gasteiger partial charge >= 0.3 is 0 Å². The molecule has 0 aromatic rings. The zero-order valence-corrected chi connectivity index (χ0v) is 8.67. The molecule has 0 aliphatic heterocycles. The lowest BCUT2D eigenvalue weighted by Gasteiger charge is -2.31. The van der Waals surface area contributed by atoms with E-state index in [4.69, 9.17) is 5.73 Å². The van der Waals surface area contributed by atoms with E-state index in [2.05, 4.69) is 0 Å². The van der Waals surface area contributed by atoms with Gasteiger partial charge in [-0.25, -0.2) is 0 Å². The van der Waals surface area contributed by atoms with Gasteiger partial charge in [0.25, 0.3) is 0 Å². The molecule has 2 saturated carbocycles. The van der Waals surface area contributed by atoms with E-state index in [1.54, 1.807) is 0 Å². The molecule has 0 unspecified atom stereocenters. The van der Waals surface area contributed by atoms with Gasteiger partial charge in [-0.3, -0.25) is 0 Å². The van der Waals surface area contributed by atoms with Crippen molar-refractivity contribution in [3.8, 4) is 0 Å². The van der Waals surface area contributed by atoms with Gasteiger partial charge in [0.1, 0.15) is 0 Å². The highest BCUT2D eigenvalue weighted by Crippen LogP contribution is 2.35. The van der Waals surface area contributed by atoms with Gasteiger partial charge in [0.2, 0.25) is 0 Å². The summed E-state index contributed by atoms with van der Waals surface area (Å²) in [4.78, 5) is 0. The minimum atomic E-state index is 0.544. The molecular formula is C12H23N. The topological polar surface area (TPSA) is 26.0 Å². The Morgan fingerprint density at radius 2 is 1.08 bits per heavy atom. The average molecular weight is 181 g/mol. The monoisotopic (exact) mass is 181 g/mol. The Labute approximate surface area is 82.1 Å². The smallest absolute Gasteiger partial charge is 0.00956 e. The Morgan fingerprint density at radius 1 is 0.692 bits per heavy atom. The number of hydrogen-bond donors (Lipinski definition) is 1. The maximum atomic E-state index is 6.35. The molecule has 2 aliphatic rings. The molecule has 13 heavy (non-hydrogen) atoms. The fourth-order valence-corrected chi connectivity index (χ4v) is 3.25. The van der Waals surface area contributed by atoms with Gasteiger partial charge in [0, 0.05) is 6.04 Å². The zero-order valence-electron chi connectivity index (χ0n) is 8.67. The van der Waals surface area contributed by atoms with Gasteiger partial charge in [0.05, 0.1) is 0 Å². The lowest BCUT2D eigenvalue weighted by Crippen LogP contribution is -2.37. The first-order valence-corrected chi connectivity index (χ1v) is 6.13. The Morgan fingerprint density at radius 3 is 1.54 bits per heavy atom. The van der Waals surface area contributed by atoms with Crippen LogP contribution < -0.4 is 5.73 Å². The lowest BCUT2D eigenvalue weighted by molar-refractivity contribution is 0.245. The normalized spacial score (nSPS) is 29.3. The van der Waals surface area contributed by atoms with E-state index in [1.165, 1.54) is 57.8 Å².